The molecule has 0 fully saturated rings. The number of halogens is 2. The molecule has 4 heteroatoms. The second-order valence-electron chi connectivity index (χ2n) is 0. The maximum atomic E-state index is 4.49. The molecule has 0 saturated carbocycles. The average Bonchev–Trinajstić information content (AvgIpc) is 1.00. The van der Waals surface area contributed by atoms with Gasteiger partial charge in [0, 0.05) is 0 Å². The molecule has 0 bridgehead atoms. The first-order valence-corrected chi connectivity index (χ1v) is 2.12. The van der Waals surface area contributed by atoms with Crippen LogP contribution in [0.5, 0.6) is 0 Å². The van der Waals surface area contributed by atoms with Gasteiger partial charge >= 0.3 is 57.3 Å². The minimum absolute atomic E-state index is 0. The van der Waals surface area contributed by atoms with Gasteiger partial charge < -0.3 is 12.4 Å². The zero-order valence-corrected chi connectivity index (χ0v) is 7.14. The Morgan fingerprint density at radius 2 is 1.25 bits per heavy atom. The summed E-state index contributed by atoms with van der Waals surface area (Å²) in [6.07, 6.45) is 0. The topological polar surface area (TPSA) is 0 Å². The van der Waals surface area contributed by atoms with Crippen molar-refractivity contribution in [3.8, 4) is 0 Å². The van der Waals surface area contributed by atoms with Gasteiger partial charge in [0.25, 0.3) is 0 Å². The minimum Gasteiger partial charge on any atom is 1.00 e. The SMILES string of the molecule is [Cl-].[Cl][Pd].[Na+]. The Kier molecular flexibility index (Phi) is 76.6. The Bertz CT molecular complexity index is 6.00. The fraction of sp³-hybridized carbons (Fsp3) is 0. The summed E-state index contributed by atoms with van der Waals surface area (Å²) in [5.41, 5.74) is 0. The molecule has 0 aromatic carbocycles. The van der Waals surface area contributed by atoms with E-state index < -0.39 is 0 Å². The van der Waals surface area contributed by atoms with Gasteiger partial charge in [0.05, 0.1) is 0 Å². The molecule has 0 atom stereocenters. The van der Waals surface area contributed by atoms with Gasteiger partial charge in [-0.1, -0.05) is 0 Å². The molecule has 0 saturated heterocycles. The van der Waals surface area contributed by atoms with Crippen molar-refractivity contribution in [2.45, 2.75) is 0 Å². The monoisotopic (exact) mass is 199 g/mol. The van der Waals surface area contributed by atoms with Gasteiger partial charge in [0.15, 0.2) is 0 Å². The minimum atomic E-state index is 0. The van der Waals surface area contributed by atoms with Crippen LogP contribution in [0.25, 0.3) is 0 Å². The first-order chi connectivity index (χ1) is 1.00. The number of hydrogen-bond donors (Lipinski definition) is 0. The van der Waals surface area contributed by atoms with E-state index in [0.717, 1.165) is 0 Å². The zero-order chi connectivity index (χ0) is 2.00. The Morgan fingerprint density at radius 1 is 1.25 bits per heavy atom. The predicted octanol–water partition coefficient (Wildman–Crippen LogP) is -5.30. The summed E-state index contributed by atoms with van der Waals surface area (Å²) in [6, 6.07) is 0. The van der Waals surface area contributed by atoms with Crippen molar-refractivity contribution in [2.24, 2.45) is 0 Å². The standard InChI is InChI=1S/2ClH.Na.Pd/h2*1H;;/q;;2*+1/p-2. The van der Waals surface area contributed by atoms with E-state index in [1.165, 1.54) is 0 Å². The largest absolute Gasteiger partial charge is 1.00 e. The smallest absolute Gasteiger partial charge is 1.00 e. The Labute approximate surface area is 68.7 Å². The molecule has 0 heterocycles. The molecule has 0 rings (SSSR count). The Hall–Kier alpha value is 2.24. The first-order valence-electron chi connectivity index (χ1n) is 0.120. The van der Waals surface area contributed by atoms with Crippen molar-refractivity contribution in [1.29, 1.82) is 0 Å². The van der Waals surface area contributed by atoms with Gasteiger partial charge in [0.2, 0.25) is 0 Å². The molecule has 0 aliphatic heterocycles. The van der Waals surface area contributed by atoms with Crippen molar-refractivity contribution in [3.63, 3.8) is 0 Å². The van der Waals surface area contributed by atoms with Crippen molar-refractivity contribution >= 4 is 9.53 Å². The molecule has 0 aliphatic carbocycles. The third-order valence-corrected chi connectivity index (χ3v) is 0. The summed E-state index contributed by atoms with van der Waals surface area (Å²) in [6.45, 7) is 0. The summed E-state index contributed by atoms with van der Waals surface area (Å²) in [7, 11) is 4.49. The fourth-order valence-electron chi connectivity index (χ4n) is 0. The van der Waals surface area contributed by atoms with Gasteiger partial charge in [-0.25, -0.2) is 0 Å². The molecule has 0 spiro atoms. The van der Waals surface area contributed by atoms with Crippen LogP contribution in [0.4, 0.5) is 0 Å². The van der Waals surface area contributed by atoms with Gasteiger partial charge in [-0.05, 0) is 0 Å². The van der Waals surface area contributed by atoms with E-state index in [0.29, 0.717) is 0 Å². The van der Waals surface area contributed by atoms with E-state index in [9.17, 15) is 0 Å². The fourth-order valence-corrected chi connectivity index (χ4v) is 0. The van der Waals surface area contributed by atoms with E-state index in [1.807, 2.05) is 0 Å². The van der Waals surface area contributed by atoms with Gasteiger partial charge in [0.1, 0.15) is 0 Å². The molecule has 0 N–H and O–H groups in total. The number of hydrogen-bond acceptors (Lipinski definition) is 0. The molecule has 25 valence electrons. The summed E-state index contributed by atoms with van der Waals surface area (Å²) < 4.78 is 0. The molecule has 0 nitrogen and oxygen atoms in total. The third kappa shape index (κ3) is 8.87. The molecular formula is Cl2NaPd. The third-order valence-electron chi connectivity index (χ3n) is 0. The van der Waals surface area contributed by atoms with Crippen LogP contribution in [0.15, 0.2) is 0 Å². The van der Waals surface area contributed by atoms with Crippen molar-refractivity contribution in [3.05, 3.63) is 0 Å². The molecule has 4 heavy (non-hydrogen) atoms. The summed E-state index contributed by atoms with van der Waals surface area (Å²) >= 11 is 2.22. The summed E-state index contributed by atoms with van der Waals surface area (Å²) in [5.74, 6) is 0. The van der Waals surface area contributed by atoms with E-state index >= 15 is 0 Å². The van der Waals surface area contributed by atoms with Gasteiger partial charge in [-0.15, -0.1) is 0 Å². The molecule has 0 amide bonds. The van der Waals surface area contributed by atoms with Crippen LogP contribution in [0, 0.1) is 0 Å². The Morgan fingerprint density at radius 3 is 1.25 bits per heavy atom. The van der Waals surface area contributed by atoms with Crippen LogP contribution in [0.1, 0.15) is 0 Å². The van der Waals surface area contributed by atoms with E-state index in [2.05, 4.69) is 27.7 Å². The van der Waals surface area contributed by atoms with Gasteiger partial charge in [-0.2, -0.15) is 0 Å². The molecule has 0 aliphatic rings. The number of rotatable bonds is 0. The second kappa shape index (κ2) is 18.8. The molecular weight excluding hydrogens is 200 g/mol. The van der Waals surface area contributed by atoms with Crippen LogP contribution in [0.2, 0.25) is 0 Å². The van der Waals surface area contributed by atoms with E-state index in [4.69, 9.17) is 0 Å². The van der Waals surface area contributed by atoms with Crippen molar-refractivity contribution in [2.75, 3.05) is 0 Å². The summed E-state index contributed by atoms with van der Waals surface area (Å²) in [4.78, 5) is 0. The van der Waals surface area contributed by atoms with Crippen LogP contribution in [-0.2, 0) is 18.2 Å². The van der Waals surface area contributed by atoms with Gasteiger partial charge in [-0.3, -0.25) is 0 Å². The maximum absolute atomic E-state index is 4.49. The molecule has 0 aromatic heterocycles. The van der Waals surface area contributed by atoms with Crippen LogP contribution < -0.4 is 42.0 Å². The van der Waals surface area contributed by atoms with E-state index in [-0.39, 0.29) is 42.0 Å². The molecule has 0 radical (unpaired) electrons. The predicted molar refractivity (Wildman–Crippen MR) is 5.85 cm³/mol. The molecule has 0 aromatic rings. The normalized spacial score (nSPS) is 1.75. The zero-order valence-electron chi connectivity index (χ0n) is 2.07. The van der Waals surface area contributed by atoms with Crippen molar-refractivity contribution < 1.29 is 60.1 Å². The van der Waals surface area contributed by atoms with Crippen LogP contribution >= 0.6 is 9.53 Å². The van der Waals surface area contributed by atoms with Crippen LogP contribution in [0.3, 0.4) is 0 Å². The maximum Gasteiger partial charge on any atom is 1.00 e. The average molecular weight is 200 g/mol. The first kappa shape index (κ1) is 16.3. The van der Waals surface area contributed by atoms with Crippen molar-refractivity contribution in [1.82, 2.24) is 0 Å². The van der Waals surface area contributed by atoms with E-state index in [1.54, 1.807) is 0 Å². The second-order valence-corrected chi connectivity index (χ2v) is 0. The quantitative estimate of drug-likeness (QED) is 0.343. The van der Waals surface area contributed by atoms with Crippen LogP contribution in [-0.4, -0.2) is 0 Å². The summed E-state index contributed by atoms with van der Waals surface area (Å²) in [5, 5.41) is 0. The molecule has 0 unspecified atom stereocenters. The Balaban J connectivity index is -0.00000000500.